The molecule has 0 saturated carbocycles. The van der Waals surface area contributed by atoms with Gasteiger partial charge >= 0.3 is 6.03 Å². The van der Waals surface area contributed by atoms with Crippen molar-refractivity contribution in [2.75, 3.05) is 13.7 Å². The maximum Gasteiger partial charge on any atom is 0.315 e. The molecule has 1 aromatic carbocycles. The second-order valence-corrected chi connectivity index (χ2v) is 4.59. The van der Waals surface area contributed by atoms with Crippen LogP contribution in [0.4, 0.5) is 9.18 Å². The number of carbonyl (C=O) groups excluding carboxylic acids is 2. The second-order valence-electron chi connectivity index (χ2n) is 4.59. The van der Waals surface area contributed by atoms with Gasteiger partial charge in [-0.3, -0.25) is 4.79 Å². The van der Waals surface area contributed by atoms with Crippen LogP contribution in [-0.2, 0) is 4.79 Å². The molecule has 0 fully saturated rings. The van der Waals surface area contributed by atoms with Crippen molar-refractivity contribution in [2.45, 2.75) is 25.8 Å². The average Bonchev–Trinajstić information content (AvgIpc) is 2.43. The van der Waals surface area contributed by atoms with Crippen LogP contribution in [0.5, 0.6) is 5.75 Å². The molecule has 3 amide bonds. The number of rotatable bonds is 7. The quantitative estimate of drug-likeness (QED) is 0.665. The number of hydrogen-bond acceptors (Lipinski definition) is 3. The van der Waals surface area contributed by atoms with E-state index in [1.165, 1.54) is 19.2 Å². The highest BCUT2D eigenvalue weighted by atomic mass is 19.1. The van der Waals surface area contributed by atoms with E-state index in [2.05, 4.69) is 10.6 Å². The summed E-state index contributed by atoms with van der Waals surface area (Å²) in [5.74, 6) is -0.730. The van der Waals surface area contributed by atoms with E-state index >= 15 is 0 Å². The zero-order valence-electron chi connectivity index (χ0n) is 12.1. The first-order valence-electron chi connectivity index (χ1n) is 6.60. The van der Waals surface area contributed by atoms with Crippen LogP contribution in [0, 0.1) is 5.82 Å². The highest BCUT2D eigenvalue weighted by molar-refractivity contribution is 5.75. The fraction of sp³-hybridized carbons (Fsp3) is 0.429. The Balaban J connectivity index is 2.45. The molecule has 0 saturated heterocycles. The summed E-state index contributed by atoms with van der Waals surface area (Å²) in [4.78, 5) is 22.2. The van der Waals surface area contributed by atoms with Gasteiger partial charge in [-0.15, -0.1) is 0 Å². The number of hydrogen-bond donors (Lipinski definition) is 3. The molecule has 116 valence electrons. The number of primary amides is 1. The molecule has 21 heavy (non-hydrogen) atoms. The summed E-state index contributed by atoms with van der Waals surface area (Å²) in [5.41, 5.74) is 5.62. The first-order valence-corrected chi connectivity index (χ1v) is 6.60. The first-order chi connectivity index (χ1) is 9.93. The van der Waals surface area contributed by atoms with Crippen molar-refractivity contribution in [1.82, 2.24) is 10.6 Å². The molecule has 0 radical (unpaired) electrons. The number of nitrogens with one attached hydrogen (secondary N) is 2. The SMILES string of the molecule is COc1ccc(C(C)NC(=O)NCCCC(N)=O)cc1F. The predicted molar refractivity (Wildman–Crippen MR) is 76.3 cm³/mol. The molecule has 1 unspecified atom stereocenters. The topological polar surface area (TPSA) is 93.4 Å². The first kappa shape index (κ1) is 16.7. The van der Waals surface area contributed by atoms with Crippen molar-refractivity contribution in [3.8, 4) is 5.75 Å². The van der Waals surface area contributed by atoms with Crippen LogP contribution in [-0.4, -0.2) is 25.6 Å². The largest absolute Gasteiger partial charge is 0.494 e. The molecule has 0 heterocycles. The van der Waals surface area contributed by atoms with Gasteiger partial charge in [-0.2, -0.15) is 0 Å². The summed E-state index contributed by atoms with van der Waals surface area (Å²) in [6.07, 6.45) is 0.702. The van der Waals surface area contributed by atoms with Crippen LogP contribution in [0.2, 0.25) is 0 Å². The Bertz CT molecular complexity index is 508. The number of benzene rings is 1. The van der Waals surface area contributed by atoms with E-state index in [1.54, 1.807) is 13.0 Å². The Kier molecular flexibility index (Phi) is 6.45. The van der Waals surface area contributed by atoms with E-state index in [1.807, 2.05) is 0 Å². The molecular weight excluding hydrogens is 277 g/mol. The lowest BCUT2D eigenvalue weighted by atomic mass is 10.1. The molecule has 0 bridgehead atoms. The number of carbonyl (C=O) groups is 2. The number of ether oxygens (including phenoxy) is 1. The standard InChI is InChI=1S/C14H20FN3O3/c1-9(10-5-6-12(21-2)11(15)8-10)18-14(20)17-7-3-4-13(16)19/h5-6,8-9H,3-4,7H2,1-2H3,(H2,16,19)(H2,17,18,20). The van der Waals surface area contributed by atoms with Gasteiger partial charge < -0.3 is 21.1 Å². The molecule has 0 spiro atoms. The van der Waals surface area contributed by atoms with Gasteiger partial charge in [0, 0.05) is 13.0 Å². The Morgan fingerprint density at radius 3 is 2.71 bits per heavy atom. The number of methoxy groups -OCH3 is 1. The molecule has 7 heteroatoms. The van der Waals surface area contributed by atoms with Crippen LogP contribution >= 0.6 is 0 Å². The van der Waals surface area contributed by atoms with Crippen molar-refractivity contribution in [3.63, 3.8) is 0 Å². The molecule has 0 aliphatic rings. The van der Waals surface area contributed by atoms with Gasteiger partial charge in [0.2, 0.25) is 5.91 Å². The number of urea groups is 1. The summed E-state index contributed by atoms with van der Waals surface area (Å²) >= 11 is 0. The summed E-state index contributed by atoms with van der Waals surface area (Å²) in [6.45, 7) is 2.09. The fourth-order valence-corrected chi connectivity index (χ4v) is 1.75. The summed E-state index contributed by atoms with van der Waals surface area (Å²) in [5, 5.41) is 5.27. The van der Waals surface area contributed by atoms with E-state index in [9.17, 15) is 14.0 Å². The van der Waals surface area contributed by atoms with E-state index in [-0.39, 0.29) is 24.2 Å². The lowest BCUT2D eigenvalue weighted by molar-refractivity contribution is -0.118. The monoisotopic (exact) mass is 297 g/mol. The third-order valence-corrected chi connectivity index (χ3v) is 2.91. The molecule has 1 aromatic rings. The molecule has 1 rings (SSSR count). The smallest absolute Gasteiger partial charge is 0.315 e. The third kappa shape index (κ3) is 5.68. The Morgan fingerprint density at radius 2 is 2.14 bits per heavy atom. The highest BCUT2D eigenvalue weighted by Crippen LogP contribution is 2.21. The molecule has 4 N–H and O–H groups in total. The van der Waals surface area contributed by atoms with E-state index in [0.717, 1.165) is 0 Å². The van der Waals surface area contributed by atoms with E-state index in [0.29, 0.717) is 18.5 Å². The average molecular weight is 297 g/mol. The summed E-state index contributed by atoms with van der Waals surface area (Å²) in [7, 11) is 1.39. The predicted octanol–water partition coefficient (Wildman–Crippen LogP) is 1.46. The second kappa shape index (κ2) is 8.08. The molecule has 6 nitrogen and oxygen atoms in total. The van der Waals surface area contributed by atoms with Crippen molar-refractivity contribution in [1.29, 1.82) is 0 Å². The number of amides is 3. The molecule has 1 atom stereocenters. The minimum atomic E-state index is -0.481. The molecule has 0 aliphatic carbocycles. The van der Waals surface area contributed by atoms with Gasteiger partial charge in [0.1, 0.15) is 0 Å². The lowest BCUT2D eigenvalue weighted by Crippen LogP contribution is -2.37. The van der Waals surface area contributed by atoms with Crippen LogP contribution in [0.25, 0.3) is 0 Å². The molecule has 0 aliphatic heterocycles. The summed E-state index contributed by atoms with van der Waals surface area (Å²) < 4.78 is 18.4. The van der Waals surface area contributed by atoms with Crippen molar-refractivity contribution >= 4 is 11.9 Å². The van der Waals surface area contributed by atoms with Crippen molar-refractivity contribution in [3.05, 3.63) is 29.6 Å². The number of halogens is 1. The minimum absolute atomic E-state index is 0.154. The fourth-order valence-electron chi connectivity index (χ4n) is 1.75. The minimum Gasteiger partial charge on any atom is -0.494 e. The third-order valence-electron chi connectivity index (χ3n) is 2.91. The molecule has 0 aromatic heterocycles. The number of nitrogens with two attached hydrogens (primary N) is 1. The highest BCUT2D eigenvalue weighted by Gasteiger charge is 2.12. The van der Waals surface area contributed by atoms with E-state index in [4.69, 9.17) is 10.5 Å². The maximum atomic E-state index is 13.6. The molecular formula is C14H20FN3O3. The van der Waals surface area contributed by atoms with E-state index < -0.39 is 11.7 Å². The van der Waals surface area contributed by atoms with Crippen LogP contribution in [0.15, 0.2) is 18.2 Å². The van der Waals surface area contributed by atoms with Gasteiger partial charge in [0.25, 0.3) is 0 Å². The van der Waals surface area contributed by atoms with Gasteiger partial charge in [-0.05, 0) is 31.0 Å². The van der Waals surface area contributed by atoms with Crippen molar-refractivity contribution < 1.29 is 18.7 Å². The normalized spacial score (nSPS) is 11.6. The zero-order chi connectivity index (χ0) is 15.8. The van der Waals surface area contributed by atoms with Crippen LogP contribution in [0.3, 0.4) is 0 Å². The van der Waals surface area contributed by atoms with Gasteiger partial charge in [0.05, 0.1) is 13.2 Å². The van der Waals surface area contributed by atoms with Gasteiger partial charge in [0.15, 0.2) is 11.6 Å². The van der Waals surface area contributed by atoms with Gasteiger partial charge in [-0.25, -0.2) is 9.18 Å². The Morgan fingerprint density at radius 1 is 1.43 bits per heavy atom. The summed E-state index contributed by atoms with van der Waals surface area (Å²) in [6, 6.07) is 3.76. The lowest BCUT2D eigenvalue weighted by Gasteiger charge is -2.15. The van der Waals surface area contributed by atoms with Crippen LogP contribution < -0.4 is 21.1 Å². The van der Waals surface area contributed by atoms with Crippen LogP contribution in [0.1, 0.15) is 31.4 Å². The Hall–Kier alpha value is -2.31. The Labute approximate surface area is 122 Å². The zero-order valence-corrected chi connectivity index (χ0v) is 12.1. The van der Waals surface area contributed by atoms with Gasteiger partial charge in [-0.1, -0.05) is 6.07 Å². The maximum absolute atomic E-state index is 13.6. The van der Waals surface area contributed by atoms with Crippen molar-refractivity contribution in [2.24, 2.45) is 5.73 Å².